The van der Waals surface area contributed by atoms with Crippen LogP contribution >= 0.6 is 0 Å². The minimum Gasteiger partial charge on any atom is -0.488 e. The molecule has 30 heavy (non-hydrogen) atoms. The van der Waals surface area contributed by atoms with Gasteiger partial charge in [0.05, 0.1) is 17.4 Å². The lowest BCUT2D eigenvalue weighted by molar-refractivity contribution is -0.0232. The van der Waals surface area contributed by atoms with E-state index >= 15 is 0 Å². The largest absolute Gasteiger partial charge is 0.488 e. The van der Waals surface area contributed by atoms with Crippen molar-refractivity contribution in [3.63, 3.8) is 0 Å². The zero-order valence-electron chi connectivity index (χ0n) is 17.5. The highest BCUT2D eigenvalue weighted by Gasteiger charge is 2.44. The van der Waals surface area contributed by atoms with E-state index in [-0.39, 0.29) is 24.7 Å². The Morgan fingerprint density at radius 3 is 2.63 bits per heavy atom. The number of aryl methyl sites for hydroxylation is 2. The van der Waals surface area contributed by atoms with Crippen molar-refractivity contribution >= 4 is 5.91 Å². The van der Waals surface area contributed by atoms with Gasteiger partial charge in [-0.05, 0) is 50.7 Å². The van der Waals surface area contributed by atoms with E-state index < -0.39 is 6.10 Å². The minimum absolute atomic E-state index is 0.0372. The fourth-order valence-corrected chi connectivity index (χ4v) is 5.05. The Kier molecular flexibility index (Phi) is 4.61. The van der Waals surface area contributed by atoms with Gasteiger partial charge in [0.25, 0.3) is 5.91 Å². The molecule has 3 heterocycles. The van der Waals surface area contributed by atoms with E-state index in [1.165, 1.54) is 0 Å². The zero-order chi connectivity index (χ0) is 21.0. The first-order chi connectivity index (χ1) is 14.4. The Hall–Kier alpha value is -2.74. The van der Waals surface area contributed by atoms with Crippen molar-refractivity contribution in [3.8, 4) is 17.2 Å². The van der Waals surface area contributed by atoms with Crippen LogP contribution < -0.4 is 14.2 Å². The van der Waals surface area contributed by atoms with Crippen LogP contribution in [0.15, 0.2) is 18.2 Å². The number of likely N-dealkylation sites (tertiary alicyclic amines) is 1. The lowest BCUT2D eigenvalue weighted by Gasteiger charge is -2.35. The Morgan fingerprint density at radius 1 is 1.17 bits per heavy atom. The Morgan fingerprint density at radius 2 is 1.90 bits per heavy atom. The van der Waals surface area contributed by atoms with Gasteiger partial charge >= 0.3 is 0 Å². The van der Waals surface area contributed by atoms with E-state index in [0.29, 0.717) is 48.2 Å². The van der Waals surface area contributed by atoms with E-state index in [1.54, 1.807) is 10.7 Å². The third-order valence-electron chi connectivity index (χ3n) is 6.73. The number of aliphatic hydroxyl groups is 1. The van der Waals surface area contributed by atoms with Gasteiger partial charge in [0.1, 0.15) is 11.9 Å². The summed E-state index contributed by atoms with van der Waals surface area (Å²) in [7, 11) is 1.86. The first kappa shape index (κ1) is 19.2. The average Bonchev–Trinajstić information content (AvgIpc) is 3.39. The van der Waals surface area contributed by atoms with Crippen molar-refractivity contribution in [1.29, 1.82) is 0 Å². The van der Waals surface area contributed by atoms with Crippen LogP contribution in [0.3, 0.4) is 0 Å². The van der Waals surface area contributed by atoms with Crippen LogP contribution in [0.5, 0.6) is 17.2 Å². The summed E-state index contributed by atoms with van der Waals surface area (Å²) >= 11 is 0. The van der Waals surface area contributed by atoms with Crippen LogP contribution in [0.4, 0.5) is 0 Å². The monoisotopic (exact) mass is 413 g/mol. The van der Waals surface area contributed by atoms with E-state index in [2.05, 4.69) is 5.10 Å². The van der Waals surface area contributed by atoms with Crippen LogP contribution in [0, 0.1) is 25.7 Å². The molecule has 1 aliphatic carbocycles. The highest BCUT2D eigenvalue weighted by Crippen LogP contribution is 2.40. The summed E-state index contributed by atoms with van der Waals surface area (Å²) in [5, 5.41) is 15.1. The summed E-state index contributed by atoms with van der Waals surface area (Å²) in [6, 6.07) is 5.47. The second kappa shape index (κ2) is 7.19. The van der Waals surface area contributed by atoms with E-state index in [0.717, 1.165) is 17.8 Å². The molecule has 1 amide bonds. The predicted octanol–water partition coefficient (Wildman–Crippen LogP) is 2.06. The quantitative estimate of drug-likeness (QED) is 0.829. The molecular formula is C22H27N3O5. The molecule has 160 valence electrons. The molecule has 4 atom stereocenters. The molecule has 8 nitrogen and oxygen atoms in total. The molecule has 1 saturated carbocycles. The summed E-state index contributed by atoms with van der Waals surface area (Å²) in [5.74, 6) is 2.67. The molecule has 3 aliphatic rings. The van der Waals surface area contributed by atoms with E-state index in [4.69, 9.17) is 14.2 Å². The number of aliphatic hydroxyl groups excluding tert-OH is 1. The Labute approximate surface area is 175 Å². The molecular weight excluding hydrogens is 386 g/mol. The van der Waals surface area contributed by atoms with Crippen LogP contribution in [-0.4, -0.2) is 57.8 Å². The molecule has 1 N–H and O–H groups in total. The number of hydrogen-bond donors (Lipinski definition) is 1. The van der Waals surface area contributed by atoms with Crippen molar-refractivity contribution in [2.45, 2.75) is 38.9 Å². The number of nitrogens with zero attached hydrogens (tertiary/aromatic N) is 3. The van der Waals surface area contributed by atoms with E-state index in [9.17, 15) is 9.90 Å². The molecule has 0 radical (unpaired) electrons. The highest BCUT2D eigenvalue weighted by atomic mass is 16.7. The van der Waals surface area contributed by atoms with Gasteiger partial charge < -0.3 is 24.2 Å². The fourth-order valence-electron chi connectivity index (χ4n) is 5.05. The van der Waals surface area contributed by atoms with Gasteiger partial charge in [-0.15, -0.1) is 0 Å². The highest BCUT2D eigenvalue weighted by molar-refractivity contribution is 5.96. The fraction of sp³-hybridized carbons (Fsp3) is 0.545. The average molecular weight is 413 g/mol. The smallest absolute Gasteiger partial charge is 0.257 e. The Bertz CT molecular complexity index is 987. The van der Waals surface area contributed by atoms with Crippen LogP contribution in [0.25, 0.3) is 0 Å². The van der Waals surface area contributed by atoms with Crippen LogP contribution in [0.2, 0.25) is 0 Å². The topological polar surface area (TPSA) is 86.1 Å². The van der Waals surface area contributed by atoms with Crippen molar-refractivity contribution < 1.29 is 24.1 Å². The lowest BCUT2D eigenvalue weighted by atomic mass is 9.78. The number of rotatable bonds is 3. The molecule has 0 bridgehead atoms. The first-order valence-corrected chi connectivity index (χ1v) is 10.4. The van der Waals surface area contributed by atoms with Gasteiger partial charge in [-0.2, -0.15) is 5.10 Å². The maximum absolute atomic E-state index is 13.2. The predicted molar refractivity (Wildman–Crippen MR) is 108 cm³/mol. The maximum Gasteiger partial charge on any atom is 0.257 e. The van der Waals surface area contributed by atoms with Crippen molar-refractivity contribution in [3.05, 3.63) is 35.2 Å². The van der Waals surface area contributed by atoms with E-state index in [1.807, 2.05) is 37.9 Å². The number of carbonyl (C=O) groups is 1. The molecule has 2 aromatic rings. The number of carbonyl (C=O) groups excluding carboxylic acids is 1. The molecule has 0 unspecified atom stereocenters. The van der Waals surface area contributed by atoms with Gasteiger partial charge in [-0.1, -0.05) is 0 Å². The number of benzene rings is 1. The van der Waals surface area contributed by atoms with Gasteiger partial charge in [0.15, 0.2) is 11.5 Å². The first-order valence-electron chi connectivity index (χ1n) is 10.4. The SMILES string of the molecule is Cc1nn(C)c(C)c1C(=O)N1C[C@H]2C[C@@H](Oc3ccc4c(c3)OCO4)[C@H](O)C[C@H]2C1. The van der Waals surface area contributed by atoms with Gasteiger partial charge in [0, 0.05) is 31.9 Å². The molecule has 1 aromatic carbocycles. The standard InChI is InChI=1S/C22H27N3O5/c1-12-21(13(2)24(3)23-12)22(27)25-9-14-6-17(26)19(7-15(14)10-25)30-16-4-5-18-20(8-16)29-11-28-18/h4-5,8,14-15,17,19,26H,6-7,9-11H2,1-3H3/t14-,15+,17+,19+/m0/s1. The van der Waals surface area contributed by atoms with Crippen molar-refractivity contribution in [1.82, 2.24) is 14.7 Å². The molecule has 0 spiro atoms. The molecule has 1 aromatic heterocycles. The van der Waals surface area contributed by atoms with Crippen molar-refractivity contribution in [2.24, 2.45) is 18.9 Å². The number of fused-ring (bicyclic) bond motifs is 2. The second-order valence-corrected chi connectivity index (χ2v) is 8.61. The molecule has 1 saturated heterocycles. The number of amides is 1. The third kappa shape index (κ3) is 3.19. The third-order valence-corrected chi connectivity index (χ3v) is 6.73. The van der Waals surface area contributed by atoms with Gasteiger partial charge in [-0.3, -0.25) is 9.48 Å². The number of ether oxygens (including phenoxy) is 3. The number of hydrogen-bond acceptors (Lipinski definition) is 6. The minimum atomic E-state index is -0.561. The zero-order valence-corrected chi connectivity index (χ0v) is 17.5. The molecule has 8 heteroatoms. The second-order valence-electron chi connectivity index (χ2n) is 8.61. The van der Waals surface area contributed by atoms with Gasteiger partial charge in [-0.25, -0.2) is 0 Å². The summed E-state index contributed by atoms with van der Waals surface area (Å²) in [6.45, 7) is 5.38. The van der Waals surface area contributed by atoms with Crippen LogP contribution in [0.1, 0.15) is 34.6 Å². The summed E-state index contributed by atoms with van der Waals surface area (Å²) < 4.78 is 18.6. The summed E-state index contributed by atoms with van der Waals surface area (Å²) in [6.07, 6.45) is 0.487. The number of aromatic nitrogens is 2. The normalized spacial score (nSPS) is 27.3. The summed E-state index contributed by atoms with van der Waals surface area (Å²) in [4.78, 5) is 15.1. The summed E-state index contributed by atoms with van der Waals surface area (Å²) in [5.41, 5.74) is 2.35. The molecule has 5 rings (SSSR count). The lowest BCUT2D eigenvalue weighted by Crippen LogP contribution is -2.42. The molecule has 2 fully saturated rings. The molecule has 2 aliphatic heterocycles. The van der Waals surface area contributed by atoms with Crippen molar-refractivity contribution in [2.75, 3.05) is 19.9 Å². The Balaban J connectivity index is 1.28. The maximum atomic E-state index is 13.2. The van der Waals surface area contributed by atoms with Crippen LogP contribution in [-0.2, 0) is 7.05 Å². The van der Waals surface area contributed by atoms with Gasteiger partial charge in [0.2, 0.25) is 6.79 Å².